The van der Waals surface area contributed by atoms with Crippen LogP contribution < -0.4 is 25.0 Å². The Kier molecular flexibility index (Phi) is 9.33. The SMILES string of the molecule is Cc1cccc(C)c1NC(=O)c1cnc(Nc2ccc(N3CCN(CCN(C)C)CC3)cc2)nc1Oc1cccc2c1OC(C)(C)C2. The van der Waals surface area contributed by atoms with Crippen molar-refractivity contribution in [3.05, 3.63) is 89.1 Å². The highest BCUT2D eigenvalue weighted by molar-refractivity contribution is 6.06. The van der Waals surface area contributed by atoms with Crippen LogP contribution in [0.25, 0.3) is 0 Å². The highest BCUT2D eigenvalue weighted by Gasteiger charge is 2.33. The van der Waals surface area contributed by atoms with Crippen LogP contribution in [0.2, 0.25) is 0 Å². The van der Waals surface area contributed by atoms with Gasteiger partial charge in [-0.3, -0.25) is 9.69 Å². The lowest BCUT2D eigenvalue weighted by Crippen LogP contribution is -2.48. The molecule has 2 aliphatic heterocycles. The fourth-order valence-corrected chi connectivity index (χ4v) is 6.08. The first-order chi connectivity index (χ1) is 22.5. The smallest absolute Gasteiger partial charge is 0.262 e. The van der Waals surface area contributed by atoms with Gasteiger partial charge in [0.25, 0.3) is 5.91 Å². The molecule has 3 heterocycles. The zero-order chi connectivity index (χ0) is 33.1. The summed E-state index contributed by atoms with van der Waals surface area (Å²) in [5, 5.41) is 6.34. The summed E-state index contributed by atoms with van der Waals surface area (Å²) in [6.45, 7) is 14.3. The van der Waals surface area contributed by atoms with Gasteiger partial charge in [-0.05, 0) is 83.2 Å². The van der Waals surface area contributed by atoms with Gasteiger partial charge in [0, 0.05) is 74.5 Å². The molecule has 6 rings (SSSR count). The number of nitrogens with zero attached hydrogens (tertiary/aromatic N) is 5. The zero-order valence-electron chi connectivity index (χ0n) is 28.3. The number of para-hydroxylation sites is 2. The molecule has 0 saturated carbocycles. The third-order valence-electron chi connectivity index (χ3n) is 8.70. The quantitative estimate of drug-likeness (QED) is 0.209. The molecular weight excluding hydrogens is 590 g/mol. The van der Waals surface area contributed by atoms with Gasteiger partial charge < -0.3 is 29.9 Å². The number of piperazine rings is 1. The summed E-state index contributed by atoms with van der Waals surface area (Å²) in [6, 6.07) is 20.0. The van der Waals surface area contributed by atoms with E-state index in [1.54, 1.807) is 0 Å². The number of hydrogen-bond acceptors (Lipinski definition) is 9. The molecule has 0 spiro atoms. The van der Waals surface area contributed by atoms with Crippen molar-refractivity contribution in [2.45, 2.75) is 39.7 Å². The number of nitrogens with one attached hydrogen (secondary N) is 2. The van der Waals surface area contributed by atoms with Crippen molar-refractivity contribution >= 4 is 28.9 Å². The van der Waals surface area contributed by atoms with Crippen LogP contribution in [0, 0.1) is 13.8 Å². The molecule has 2 aliphatic rings. The number of fused-ring (bicyclic) bond motifs is 1. The van der Waals surface area contributed by atoms with Crippen LogP contribution >= 0.6 is 0 Å². The maximum absolute atomic E-state index is 13.7. The van der Waals surface area contributed by atoms with Gasteiger partial charge in [-0.2, -0.15) is 4.98 Å². The molecule has 4 aromatic rings. The molecule has 47 heavy (non-hydrogen) atoms. The molecular formula is C37H45N7O3. The average molecular weight is 636 g/mol. The Hall–Kier alpha value is -4.67. The number of carbonyl (C=O) groups excluding carboxylic acids is 1. The average Bonchev–Trinajstić information content (AvgIpc) is 3.37. The summed E-state index contributed by atoms with van der Waals surface area (Å²) in [7, 11) is 4.24. The number of amides is 1. The fourth-order valence-electron chi connectivity index (χ4n) is 6.08. The first-order valence-corrected chi connectivity index (χ1v) is 16.3. The number of aryl methyl sites for hydroxylation is 2. The number of likely N-dealkylation sites (N-methyl/N-ethyl adjacent to an activating group) is 1. The number of rotatable bonds is 10. The molecule has 0 aliphatic carbocycles. The van der Waals surface area contributed by atoms with Gasteiger partial charge in [-0.1, -0.05) is 30.3 Å². The van der Waals surface area contributed by atoms with E-state index in [0.717, 1.165) is 73.8 Å². The minimum Gasteiger partial charge on any atom is -0.483 e. The second-order valence-corrected chi connectivity index (χ2v) is 13.3. The predicted molar refractivity (Wildman–Crippen MR) is 188 cm³/mol. The van der Waals surface area contributed by atoms with Crippen LogP contribution in [0.15, 0.2) is 66.9 Å². The normalized spacial score (nSPS) is 15.7. The summed E-state index contributed by atoms with van der Waals surface area (Å²) in [4.78, 5) is 30.1. The second kappa shape index (κ2) is 13.6. The minimum atomic E-state index is -0.357. The van der Waals surface area contributed by atoms with Crippen LogP contribution in [-0.2, 0) is 6.42 Å². The number of ether oxygens (including phenoxy) is 2. The Morgan fingerprint density at radius 2 is 1.68 bits per heavy atom. The summed E-state index contributed by atoms with van der Waals surface area (Å²) >= 11 is 0. The maximum atomic E-state index is 13.7. The third-order valence-corrected chi connectivity index (χ3v) is 8.70. The third kappa shape index (κ3) is 7.66. The topological polar surface area (TPSA) is 95.1 Å². The molecule has 1 saturated heterocycles. The summed E-state index contributed by atoms with van der Waals surface area (Å²) in [5.41, 5.74) is 5.62. The van der Waals surface area contributed by atoms with Gasteiger partial charge in [0.2, 0.25) is 11.8 Å². The summed E-state index contributed by atoms with van der Waals surface area (Å²) in [5.74, 6) is 1.27. The van der Waals surface area contributed by atoms with E-state index in [9.17, 15) is 4.79 Å². The van der Waals surface area contributed by atoms with Gasteiger partial charge in [-0.25, -0.2) is 4.98 Å². The van der Waals surface area contributed by atoms with Crippen molar-refractivity contribution in [1.82, 2.24) is 19.8 Å². The van der Waals surface area contributed by atoms with Crippen LogP contribution in [-0.4, -0.2) is 84.6 Å². The van der Waals surface area contributed by atoms with Crippen molar-refractivity contribution in [3.8, 4) is 17.4 Å². The van der Waals surface area contributed by atoms with Crippen LogP contribution in [0.4, 0.5) is 23.0 Å². The molecule has 1 amide bonds. The minimum absolute atomic E-state index is 0.136. The first kappa shape index (κ1) is 32.3. The van der Waals surface area contributed by atoms with Crippen molar-refractivity contribution < 1.29 is 14.3 Å². The fraction of sp³-hybridized carbons (Fsp3) is 0.378. The van der Waals surface area contributed by atoms with E-state index < -0.39 is 0 Å². The number of aromatic nitrogens is 2. The Balaban J connectivity index is 1.22. The predicted octanol–water partition coefficient (Wildman–Crippen LogP) is 6.28. The van der Waals surface area contributed by atoms with Crippen LogP contribution in [0.5, 0.6) is 17.4 Å². The Labute approximate surface area is 277 Å². The van der Waals surface area contributed by atoms with E-state index in [1.807, 2.05) is 76.2 Å². The van der Waals surface area contributed by atoms with Gasteiger partial charge in [-0.15, -0.1) is 0 Å². The molecule has 0 atom stereocenters. The molecule has 1 aromatic heterocycles. The van der Waals surface area contributed by atoms with Gasteiger partial charge in [0.15, 0.2) is 11.5 Å². The van der Waals surface area contributed by atoms with Crippen molar-refractivity contribution in [1.29, 1.82) is 0 Å². The van der Waals surface area contributed by atoms with Gasteiger partial charge >= 0.3 is 0 Å². The second-order valence-electron chi connectivity index (χ2n) is 13.3. The number of anilines is 4. The molecule has 0 radical (unpaired) electrons. The van der Waals surface area contributed by atoms with Crippen LogP contribution in [0.1, 0.15) is 40.9 Å². The zero-order valence-corrected chi connectivity index (χ0v) is 28.3. The monoisotopic (exact) mass is 635 g/mol. The molecule has 246 valence electrons. The highest BCUT2D eigenvalue weighted by Crippen LogP contribution is 2.43. The lowest BCUT2D eigenvalue weighted by Gasteiger charge is -2.36. The molecule has 10 heteroatoms. The Morgan fingerprint density at radius 3 is 2.38 bits per heavy atom. The Bertz CT molecular complexity index is 1710. The van der Waals surface area contributed by atoms with Crippen LogP contribution in [0.3, 0.4) is 0 Å². The number of hydrogen-bond donors (Lipinski definition) is 2. The lowest BCUT2D eigenvalue weighted by atomic mass is 10.0. The maximum Gasteiger partial charge on any atom is 0.262 e. The molecule has 0 bridgehead atoms. The molecule has 2 N–H and O–H groups in total. The van der Waals surface area contributed by atoms with Crippen molar-refractivity contribution in [2.75, 3.05) is 68.9 Å². The molecule has 1 fully saturated rings. The summed E-state index contributed by atoms with van der Waals surface area (Å²) < 4.78 is 12.6. The Morgan fingerprint density at radius 1 is 0.979 bits per heavy atom. The van der Waals surface area contributed by atoms with E-state index in [4.69, 9.17) is 14.5 Å². The van der Waals surface area contributed by atoms with Gasteiger partial charge in [0.1, 0.15) is 11.2 Å². The highest BCUT2D eigenvalue weighted by atomic mass is 16.5. The molecule has 0 unspecified atom stereocenters. The molecule has 10 nitrogen and oxygen atoms in total. The van der Waals surface area contributed by atoms with E-state index in [2.05, 4.69) is 56.5 Å². The van der Waals surface area contributed by atoms with Crippen molar-refractivity contribution in [3.63, 3.8) is 0 Å². The van der Waals surface area contributed by atoms with Crippen molar-refractivity contribution in [2.24, 2.45) is 0 Å². The molecule has 3 aromatic carbocycles. The van der Waals surface area contributed by atoms with E-state index in [-0.39, 0.29) is 23.0 Å². The number of benzene rings is 3. The van der Waals surface area contributed by atoms with E-state index in [1.165, 1.54) is 11.9 Å². The summed E-state index contributed by atoms with van der Waals surface area (Å²) in [6.07, 6.45) is 2.27. The first-order valence-electron chi connectivity index (χ1n) is 16.3. The van der Waals surface area contributed by atoms with E-state index >= 15 is 0 Å². The largest absolute Gasteiger partial charge is 0.483 e. The number of carbonyl (C=O) groups is 1. The lowest BCUT2D eigenvalue weighted by molar-refractivity contribution is 0.102. The standard InChI is InChI=1S/C37H45N7O3/c1-25-9-7-10-26(2)32(25)40-34(45)30-24-38-36(41-35(30)46-31-12-8-11-27-23-37(3,4)47-33(27)31)39-28-13-15-29(16-14-28)44-21-19-43(20-22-44)18-17-42(5)6/h7-16,24H,17-23H2,1-6H3,(H,40,45)(H,38,39,41). The van der Waals surface area contributed by atoms with Gasteiger partial charge in [0.05, 0.1) is 0 Å². The van der Waals surface area contributed by atoms with E-state index in [0.29, 0.717) is 17.4 Å².